The summed E-state index contributed by atoms with van der Waals surface area (Å²) in [6.07, 6.45) is -4.42. The lowest BCUT2D eigenvalue weighted by Crippen LogP contribution is -2.26. The van der Waals surface area contributed by atoms with E-state index in [0.29, 0.717) is 17.7 Å². The van der Waals surface area contributed by atoms with Gasteiger partial charge in [0.05, 0.1) is 0 Å². The number of halogens is 3. The van der Waals surface area contributed by atoms with E-state index in [1.165, 1.54) is 6.07 Å². The molecule has 1 N–H and O–H groups in total. The zero-order valence-electron chi connectivity index (χ0n) is 9.61. The van der Waals surface area contributed by atoms with Crippen molar-refractivity contribution in [3.8, 4) is 0 Å². The maximum atomic E-state index is 12.4. The lowest BCUT2D eigenvalue weighted by Gasteiger charge is -2.18. The number of alkyl halides is 3. The largest absolute Gasteiger partial charge is 0.435 e. The van der Waals surface area contributed by atoms with Crippen molar-refractivity contribution in [2.24, 2.45) is 11.8 Å². The third-order valence-corrected chi connectivity index (χ3v) is 3.65. The Hall–Kier alpha value is -1.37. The number of fused-ring (bicyclic) bond motifs is 1. The van der Waals surface area contributed by atoms with Crippen LogP contribution in [0.5, 0.6) is 0 Å². The van der Waals surface area contributed by atoms with E-state index in [1.54, 1.807) is 0 Å². The van der Waals surface area contributed by atoms with Gasteiger partial charge in [-0.25, -0.2) is 0 Å². The fourth-order valence-corrected chi connectivity index (χ4v) is 2.69. The Bertz CT molecular complexity index is 419. The van der Waals surface area contributed by atoms with Crippen molar-refractivity contribution >= 4 is 5.82 Å². The van der Waals surface area contributed by atoms with Gasteiger partial charge >= 0.3 is 6.18 Å². The molecule has 2 atom stereocenters. The smallest absolute Gasteiger partial charge is 0.354 e. The lowest BCUT2D eigenvalue weighted by molar-refractivity contribution is -0.141. The molecule has 0 radical (unpaired) electrons. The first-order valence-electron chi connectivity index (χ1n) is 5.90. The summed E-state index contributed by atoms with van der Waals surface area (Å²) in [7, 11) is 0. The van der Waals surface area contributed by atoms with E-state index in [2.05, 4.69) is 15.5 Å². The molecule has 1 aromatic rings. The van der Waals surface area contributed by atoms with E-state index in [9.17, 15) is 13.2 Å². The van der Waals surface area contributed by atoms with Crippen LogP contribution in [0, 0.1) is 11.8 Å². The molecule has 7 heteroatoms. The van der Waals surface area contributed by atoms with Gasteiger partial charge in [0.25, 0.3) is 0 Å². The first kappa shape index (κ1) is 11.7. The highest BCUT2D eigenvalue weighted by Gasteiger charge is 2.37. The van der Waals surface area contributed by atoms with Gasteiger partial charge in [0, 0.05) is 26.2 Å². The number of nitrogens with one attached hydrogen (secondary N) is 1. The second-order valence-corrected chi connectivity index (χ2v) is 4.86. The highest BCUT2D eigenvalue weighted by molar-refractivity contribution is 5.39. The van der Waals surface area contributed by atoms with Crippen LogP contribution in [0.25, 0.3) is 0 Å². The van der Waals surface area contributed by atoms with Gasteiger partial charge < -0.3 is 10.2 Å². The fourth-order valence-electron chi connectivity index (χ4n) is 2.69. The molecule has 1 aromatic heterocycles. The molecule has 0 aliphatic carbocycles. The van der Waals surface area contributed by atoms with Crippen LogP contribution in [0.4, 0.5) is 19.0 Å². The normalized spacial score (nSPS) is 27.6. The molecule has 0 bridgehead atoms. The van der Waals surface area contributed by atoms with E-state index in [4.69, 9.17) is 0 Å². The van der Waals surface area contributed by atoms with Gasteiger partial charge in [0.2, 0.25) is 0 Å². The number of hydrogen-bond donors (Lipinski definition) is 1. The molecule has 0 amide bonds. The maximum Gasteiger partial charge on any atom is 0.435 e. The minimum absolute atomic E-state index is 0.539. The molecule has 2 fully saturated rings. The summed E-state index contributed by atoms with van der Waals surface area (Å²) in [4.78, 5) is 2.02. The Labute approximate surface area is 102 Å². The lowest BCUT2D eigenvalue weighted by atomic mass is 10.0. The summed E-state index contributed by atoms with van der Waals surface area (Å²) in [5, 5.41) is 10.3. The molecule has 3 heterocycles. The van der Waals surface area contributed by atoms with Crippen molar-refractivity contribution in [1.82, 2.24) is 15.5 Å². The second kappa shape index (κ2) is 4.08. The minimum Gasteiger partial charge on any atom is -0.354 e. The molecule has 0 aromatic carbocycles. The highest BCUT2D eigenvalue weighted by Crippen LogP contribution is 2.31. The average molecular weight is 258 g/mol. The number of hydrogen-bond acceptors (Lipinski definition) is 4. The van der Waals surface area contributed by atoms with Crippen LogP contribution < -0.4 is 10.2 Å². The van der Waals surface area contributed by atoms with Crippen LogP contribution >= 0.6 is 0 Å². The van der Waals surface area contributed by atoms with Gasteiger partial charge in [-0.2, -0.15) is 13.2 Å². The SMILES string of the molecule is FC(F)(F)c1ccc(N2CC3CNCC3C2)nn1. The molecule has 4 nitrogen and oxygen atoms in total. The molecule has 3 rings (SSSR count). The zero-order valence-corrected chi connectivity index (χ0v) is 9.61. The van der Waals surface area contributed by atoms with Crippen LogP contribution in [0.1, 0.15) is 5.69 Å². The fraction of sp³-hybridized carbons (Fsp3) is 0.636. The molecule has 0 saturated carbocycles. The van der Waals surface area contributed by atoms with Crippen molar-refractivity contribution in [3.63, 3.8) is 0 Å². The number of anilines is 1. The molecular weight excluding hydrogens is 245 g/mol. The Balaban J connectivity index is 1.74. The van der Waals surface area contributed by atoms with E-state index in [-0.39, 0.29) is 0 Å². The molecule has 18 heavy (non-hydrogen) atoms. The first-order valence-corrected chi connectivity index (χ1v) is 5.90. The standard InChI is InChI=1S/C11H13F3N4/c12-11(13,14)9-1-2-10(17-16-9)18-5-7-3-15-4-8(7)6-18/h1-2,7-8,15H,3-6H2. The van der Waals surface area contributed by atoms with Crippen LogP contribution in [0.2, 0.25) is 0 Å². The Kier molecular flexibility index (Phi) is 2.65. The zero-order chi connectivity index (χ0) is 12.8. The third-order valence-electron chi connectivity index (χ3n) is 3.65. The molecule has 2 unspecified atom stereocenters. The summed E-state index contributed by atoms with van der Waals surface area (Å²) in [5.74, 6) is 1.69. The van der Waals surface area contributed by atoms with Gasteiger partial charge in [-0.3, -0.25) is 0 Å². The van der Waals surface area contributed by atoms with E-state index in [0.717, 1.165) is 32.2 Å². The van der Waals surface area contributed by atoms with Gasteiger partial charge in [-0.15, -0.1) is 10.2 Å². The third kappa shape index (κ3) is 2.03. The Morgan fingerprint density at radius 1 is 1.11 bits per heavy atom. The van der Waals surface area contributed by atoms with Gasteiger partial charge in [0.1, 0.15) is 0 Å². The van der Waals surface area contributed by atoms with Crippen LogP contribution in [-0.4, -0.2) is 36.4 Å². The van der Waals surface area contributed by atoms with Crippen molar-refractivity contribution in [2.75, 3.05) is 31.1 Å². The Morgan fingerprint density at radius 3 is 2.28 bits per heavy atom. The first-order chi connectivity index (χ1) is 8.54. The molecule has 2 aliphatic rings. The molecule has 2 aliphatic heterocycles. The summed E-state index contributed by atoms with van der Waals surface area (Å²) < 4.78 is 37.1. The van der Waals surface area contributed by atoms with Crippen LogP contribution in [0.3, 0.4) is 0 Å². The van der Waals surface area contributed by atoms with Crippen molar-refractivity contribution < 1.29 is 13.2 Å². The predicted molar refractivity (Wildman–Crippen MR) is 59.1 cm³/mol. The van der Waals surface area contributed by atoms with Crippen LogP contribution in [0.15, 0.2) is 12.1 Å². The van der Waals surface area contributed by atoms with Gasteiger partial charge in [-0.1, -0.05) is 0 Å². The number of aromatic nitrogens is 2. The summed E-state index contributed by atoms with van der Waals surface area (Å²) in [5.41, 5.74) is -0.938. The van der Waals surface area contributed by atoms with Gasteiger partial charge in [0.15, 0.2) is 11.5 Å². The predicted octanol–water partition coefficient (Wildman–Crippen LogP) is 1.15. The van der Waals surface area contributed by atoms with Gasteiger partial charge in [-0.05, 0) is 24.0 Å². The topological polar surface area (TPSA) is 41.0 Å². The van der Waals surface area contributed by atoms with Crippen molar-refractivity contribution in [3.05, 3.63) is 17.8 Å². The van der Waals surface area contributed by atoms with E-state index in [1.807, 2.05) is 4.90 Å². The highest BCUT2D eigenvalue weighted by atomic mass is 19.4. The number of rotatable bonds is 1. The maximum absolute atomic E-state index is 12.4. The summed E-state index contributed by atoms with van der Waals surface area (Å²) in [6, 6.07) is 2.40. The summed E-state index contributed by atoms with van der Waals surface area (Å²) in [6.45, 7) is 3.65. The average Bonchev–Trinajstić information content (AvgIpc) is 2.88. The molecule has 0 spiro atoms. The monoisotopic (exact) mass is 258 g/mol. The summed E-state index contributed by atoms with van der Waals surface area (Å²) >= 11 is 0. The second-order valence-electron chi connectivity index (χ2n) is 4.86. The van der Waals surface area contributed by atoms with Crippen molar-refractivity contribution in [2.45, 2.75) is 6.18 Å². The minimum atomic E-state index is -4.42. The van der Waals surface area contributed by atoms with Crippen LogP contribution in [-0.2, 0) is 6.18 Å². The van der Waals surface area contributed by atoms with E-state index >= 15 is 0 Å². The van der Waals surface area contributed by atoms with E-state index < -0.39 is 11.9 Å². The number of nitrogens with zero attached hydrogens (tertiary/aromatic N) is 3. The van der Waals surface area contributed by atoms with Crippen molar-refractivity contribution in [1.29, 1.82) is 0 Å². The quantitative estimate of drug-likeness (QED) is 0.820. The molecular formula is C11H13F3N4. The Morgan fingerprint density at radius 2 is 1.78 bits per heavy atom. The molecule has 2 saturated heterocycles. The molecule has 98 valence electrons.